The quantitative estimate of drug-likeness (QED) is 0.585. The fraction of sp³-hybridized carbons (Fsp3) is 0.667. The van der Waals surface area contributed by atoms with E-state index in [1.807, 2.05) is 41.5 Å². The molecule has 1 rings (SSSR count). The second-order valence-corrected chi connectivity index (χ2v) is 6.69. The topological polar surface area (TPSA) is 52.6 Å². The first-order valence-electron chi connectivity index (χ1n) is 7.81. The van der Waals surface area contributed by atoms with Crippen molar-refractivity contribution in [1.82, 2.24) is 0 Å². The predicted molar refractivity (Wildman–Crippen MR) is 86.2 cm³/mol. The smallest absolute Gasteiger partial charge is 0.335 e. The molecule has 0 saturated heterocycles. The van der Waals surface area contributed by atoms with Crippen LogP contribution in [0.2, 0.25) is 0 Å². The number of ether oxygens (including phenoxy) is 2. The second-order valence-electron chi connectivity index (χ2n) is 6.69. The molecular weight excluding hydrogens is 280 g/mol. The van der Waals surface area contributed by atoms with Gasteiger partial charge in [0.25, 0.3) is 0 Å². The first kappa shape index (κ1) is 18.5. The lowest BCUT2D eigenvalue weighted by Crippen LogP contribution is -2.39. The molecule has 1 aliphatic rings. The monoisotopic (exact) mass is 308 g/mol. The molecule has 22 heavy (non-hydrogen) atoms. The van der Waals surface area contributed by atoms with E-state index >= 15 is 0 Å². The molecule has 4 nitrogen and oxygen atoms in total. The van der Waals surface area contributed by atoms with Gasteiger partial charge in [0, 0.05) is 10.8 Å². The molecule has 0 amide bonds. The molecule has 0 aromatic heterocycles. The van der Waals surface area contributed by atoms with E-state index in [0.29, 0.717) is 11.1 Å². The Hall–Kier alpha value is -1.58. The Labute approximate surface area is 133 Å². The minimum atomic E-state index is -0.562. The highest BCUT2D eigenvalue weighted by Crippen LogP contribution is 2.52. The van der Waals surface area contributed by atoms with Gasteiger partial charge in [-0.05, 0) is 27.7 Å². The summed E-state index contributed by atoms with van der Waals surface area (Å²) in [5.74, 6) is -0.869. The number of rotatable bonds is 4. The minimum Gasteiger partial charge on any atom is -0.463 e. The molecule has 0 aromatic rings. The number of hydrogen-bond donors (Lipinski definition) is 0. The van der Waals surface area contributed by atoms with Crippen LogP contribution < -0.4 is 0 Å². The van der Waals surface area contributed by atoms with Crippen molar-refractivity contribution in [2.45, 2.75) is 55.4 Å². The van der Waals surface area contributed by atoms with Gasteiger partial charge >= 0.3 is 11.9 Å². The van der Waals surface area contributed by atoms with Gasteiger partial charge in [0.05, 0.1) is 24.4 Å². The molecule has 0 heterocycles. The summed E-state index contributed by atoms with van der Waals surface area (Å²) in [6, 6.07) is 0. The lowest BCUT2D eigenvalue weighted by Gasteiger charge is -2.43. The third-order valence-corrected chi connectivity index (χ3v) is 4.90. The van der Waals surface area contributed by atoms with E-state index in [2.05, 4.69) is 0 Å². The number of carbonyl (C=O) groups is 2. The second kappa shape index (κ2) is 6.27. The van der Waals surface area contributed by atoms with Gasteiger partial charge in [-0.15, -0.1) is 0 Å². The van der Waals surface area contributed by atoms with E-state index in [9.17, 15) is 9.59 Å². The Kier molecular flexibility index (Phi) is 5.26. The van der Waals surface area contributed by atoms with Crippen molar-refractivity contribution in [2.24, 2.45) is 10.8 Å². The Morgan fingerprint density at radius 2 is 1.05 bits per heavy atom. The summed E-state index contributed by atoms with van der Waals surface area (Å²) in [4.78, 5) is 25.1. The van der Waals surface area contributed by atoms with E-state index in [0.717, 1.165) is 11.1 Å². The highest BCUT2D eigenvalue weighted by atomic mass is 16.5. The average molecular weight is 308 g/mol. The summed E-state index contributed by atoms with van der Waals surface area (Å²) in [7, 11) is 0. The molecule has 0 spiro atoms. The van der Waals surface area contributed by atoms with Gasteiger partial charge in [-0.25, -0.2) is 9.59 Å². The highest BCUT2D eigenvalue weighted by Gasteiger charge is 2.48. The van der Waals surface area contributed by atoms with Crippen LogP contribution in [-0.4, -0.2) is 25.2 Å². The molecule has 4 heteroatoms. The number of carbonyl (C=O) groups excluding carboxylic acids is 2. The largest absolute Gasteiger partial charge is 0.463 e. The zero-order valence-corrected chi connectivity index (χ0v) is 15.0. The van der Waals surface area contributed by atoms with Crippen molar-refractivity contribution in [3.63, 3.8) is 0 Å². The number of hydrogen-bond acceptors (Lipinski definition) is 4. The minimum absolute atomic E-state index is 0.274. The fourth-order valence-corrected chi connectivity index (χ4v) is 3.06. The van der Waals surface area contributed by atoms with Crippen molar-refractivity contribution in [3.05, 3.63) is 22.3 Å². The van der Waals surface area contributed by atoms with Gasteiger partial charge < -0.3 is 9.47 Å². The molecule has 0 aromatic carbocycles. The van der Waals surface area contributed by atoms with E-state index in [1.165, 1.54) is 0 Å². The number of allylic oxidation sites excluding steroid dienone is 2. The van der Waals surface area contributed by atoms with Gasteiger partial charge in [-0.2, -0.15) is 0 Å². The molecule has 0 aliphatic heterocycles. The van der Waals surface area contributed by atoms with E-state index in [4.69, 9.17) is 9.47 Å². The zero-order chi connectivity index (χ0) is 17.3. The zero-order valence-electron chi connectivity index (χ0n) is 15.0. The van der Waals surface area contributed by atoms with E-state index < -0.39 is 22.8 Å². The van der Waals surface area contributed by atoms with Crippen LogP contribution in [-0.2, 0) is 19.1 Å². The first-order valence-corrected chi connectivity index (χ1v) is 7.81. The van der Waals surface area contributed by atoms with Gasteiger partial charge in [-0.3, -0.25) is 0 Å². The Bertz CT molecular complexity index is 499. The molecular formula is C18H28O4. The van der Waals surface area contributed by atoms with Crippen LogP contribution in [0.4, 0.5) is 0 Å². The number of esters is 2. The summed E-state index contributed by atoms with van der Waals surface area (Å²) in [5, 5.41) is 0. The van der Waals surface area contributed by atoms with Crippen LogP contribution in [0.25, 0.3) is 0 Å². The van der Waals surface area contributed by atoms with Crippen molar-refractivity contribution < 1.29 is 19.1 Å². The maximum absolute atomic E-state index is 12.6. The van der Waals surface area contributed by atoms with Crippen LogP contribution in [0.5, 0.6) is 0 Å². The first-order chi connectivity index (χ1) is 10.0. The third-order valence-electron chi connectivity index (χ3n) is 4.90. The summed E-state index contributed by atoms with van der Waals surface area (Å²) in [5.41, 5.74) is 1.89. The lowest BCUT2D eigenvalue weighted by molar-refractivity contribution is -0.143. The summed E-state index contributed by atoms with van der Waals surface area (Å²) in [6.45, 7) is 15.9. The Balaban J connectivity index is 3.69. The van der Waals surface area contributed by atoms with Crippen LogP contribution in [0.15, 0.2) is 22.3 Å². The molecule has 0 unspecified atom stereocenters. The van der Waals surface area contributed by atoms with Crippen LogP contribution in [0.1, 0.15) is 55.4 Å². The molecule has 0 atom stereocenters. The van der Waals surface area contributed by atoms with Crippen molar-refractivity contribution >= 4 is 11.9 Å². The fourth-order valence-electron chi connectivity index (χ4n) is 3.06. The van der Waals surface area contributed by atoms with Crippen LogP contribution >= 0.6 is 0 Å². The standard InChI is InChI=1S/C18H28O4/c1-9-21-15(19)13-14(16(20)22-10-2)18(7,8)12(4)11(3)17(13,5)6/h9-10H2,1-8H3. The van der Waals surface area contributed by atoms with E-state index in [1.54, 1.807) is 13.8 Å². The van der Waals surface area contributed by atoms with E-state index in [-0.39, 0.29) is 13.2 Å². The Morgan fingerprint density at radius 3 is 1.27 bits per heavy atom. The van der Waals surface area contributed by atoms with Gasteiger partial charge in [0.2, 0.25) is 0 Å². The lowest BCUT2D eigenvalue weighted by atomic mass is 9.60. The van der Waals surface area contributed by atoms with Crippen LogP contribution in [0, 0.1) is 10.8 Å². The van der Waals surface area contributed by atoms with Crippen molar-refractivity contribution in [2.75, 3.05) is 13.2 Å². The highest BCUT2D eigenvalue weighted by molar-refractivity contribution is 6.03. The van der Waals surface area contributed by atoms with Crippen molar-refractivity contribution in [3.8, 4) is 0 Å². The molecule has 1 aliphatic carbocycles. The van der Waals surface area contributed by atoms with Gasteiger partial charge in [0.1, 0.15) is 0 Å². The summed E-state index contributed by atoms with van der Waals surface area (Å²) >= 11 is 0. The molecule has 0 bridgehead atoms. The molecule has 0 N–H and O–H groups in total. The maximum Gasteiger partial charge on any atom is 0.335 e. The maximum atomic E-state index is 12.6. The Morgan fingerprint density at radius 1 is 0.773 bits per heavy atom. The third kappa shape index (κ3) is 2.83. The van der Waals surface area contributed by atoms with Gasteiger partial charge in [0.15, 0.2) is 0 Å². The molecule has 0 radical (unpaired) electrons. The molecule has 124 valence electrons. The summed E-state index contributed by atoms with van der Waals surface area (Å²) < 4.78 is 10.5. The predicted octanol–water partition coefficient (Wildman–Crippen LogP) is 3.81. The molecule has 0 fully saturated rings. The summed E-state index contributed by atoms with van der Waals surface area (Å²) in [6.07, 6.45) is 0. The molecule has 0 saturated carbocycles. The normalized spacial score (nSPS) is 20.0. The average Bonchev–Trinajstić information content (AvgIpc) is 2.41. The SMILES string of the molecule is CCOC(=O)C1=C(C(=O)OCC)C(C)(C)C(C)=C(C)C1(C)C. The van der Waals surface area contributed by atoms with Crippen molar-refractivity contribution in [1.29, 1.82) is 0 Å². The van der Waals surface area contributed by atoms with Crippen LogP contribution in [0.3, 0.4) is 0 Å². The van der Waals surface area contributed by atoms with Gasteiger partial charge in [-0.1, -0.05) is 38.8 Å².